The third kappa shape index (κ3) is 2.89. The van der Waals surface area contributed by atoms with Gasteiger partial charge in [-0.15, -0.1) is 0 Å². The van der Waals surface area contributed by atoms with Crippen LogP contribution >= 0.6 is 0 Å². The molecule has 4 nitrogen and oxygen atoms in total. The fourth-order valence-electron chi connectivity index (χ4n) is 1.17. The molecule has 1 aromatic heterocycles. The van der Waals surface area contributed by atoms with Gasteiger partial charge in [0.1, 0.15) is 12.2 Å². The molecule has 0 spiro atoms. The van der Waals surface area contributed by atoms with Gasteiger partial charge in [0.05, 0.1) is 0 Å². The van der Waals surface area contributed by atoms with Gasteiger partial charge in [0.25, 0.3) is 0 Å². The molecule has 0 unspecified atom stereocenters. The molecule has 0 saturated carbocycles. The Bertz CT molecular complexity index is 281. The highest BCUT2D eigenvalue weighted by atomic mass is 16.4. The van der Waals surface area contributed by atoms with Crippen molar-refractivity contribution in [2.45, 2.75) is 32.7 Å². The quantitative estimate of drug-likeness (QED) is 0.747. The molecule has 1 aromatic rings. The molecule has 4 heteroatoms. The zero-order valence-corrected chi connectivity index (χ0v) is 7.73. The van der Waals surface area contributed by atoms with Gasteiger partial charge in [0.2, 0.25) is 0 Å². The molecule has 0 aliphatic heterocycles. The smallest absolute Gasteiger partial charge is 0.311 e. The van der Waals surface area contributed by atoms with Gasteiger partial charge in [-0.1, -0.05) is 13.3 Å². The molecule has 0 radical (unpaired) electrons. The van der Waals surface area contributed by atoms with Gasteiger partial charge in [-0.25, -0.2) is 4.98 Å². The van der Waals surface area contributed by atoms with Crippen molar-refractivity contribution < 1.29 is 9.90 Å². The van der Waals surface area contributed by atoms with E-state index in [1.54, 1.807) is 6.20 Å². The van der Waals surface area contributed by atoms with Crippen LogP contribution in [0.4, 0.5) is 0 Å². The Morgan fingerprint density at radius 1 is 1.69 bits per heavy atom. The van der Waals surface area contributed by atoms with E-state index in [-0.39, 0.29) is 6.42 Å². The molecule has 0 atom stereocenters. The van der Waals surface area contributed by atoms with Gasteiger partial charge in [-0.05, 0) is 6.42 Å². The summed E-state index contributed by atoms with van der Waals surface area (Å²) in [5.41, 5.74) is 0. The molecular formula is C9H14N2O2. The summed E-state index contributed by atoms with van der Waals surface area (Å²) in [6, 6.07) is 0. The number of carboxylic acid groups (broad SMARTS) is 1. The number of aryl methyl sites for hydroxylation is 1. The van der Waals surface area contributed by atoms with Crippen LogP contribution in [0, 0.1) is 0 Å². The topological polar surface area (TPSA) is 55.1 Å². The molecule has 1 rings (SSSR count). The van der Waals surface area contributed by atoms with E-state index in [0.717, 1.165) is 19.4 Å². The number of carbonyl (C=O) groups is 1. The van der Waals surface area contributed by atoms with Crippen LogP contribution in [-0.4, -0.2) is 20.6 Å². The Balaban J connectivity index is 2.60. The normalized spacial score (nSPS) is 10.2. The predicted octanol–water partition coefficient (Wildman–Crippen LogP) is 1.31. The van der Waals surface area contributed by atoms with Crippen LogP contribution in [0.1, 0.15) is 25.6 Å². The monoisotopic (exact) mass is 182 g/mol. The number of nitrogens with zero attached hydrogens (tertiary/aromatic N) is 2. The Morgan fingerprint density at radius 3 is 3.08 bits per heavy atom. The van der Waals surface area contributed by atoms with E-state index in [1.165, 1.54) is 0 Å². The number of carboxylic acids is 1. The number of unbranched alkanes of at least 4 members (excludes halogenated alkanes) is 1. The van der Waals surface area contributed by atoms with E-state index < -0.39 is 5.97 Å². The van der Waals surface area contributed by atoms with Gasteiger partial charge in [0.15, 0.2) is 0 Å². The van der Waals surface area contributed by atoms with E-state index in [4.69, 9.17) is 5.11 Å². The lowest BCUT2D eigenvalue weighted by molar-refractivity contribution is -0.136. The van der Waals surface area contributed by atoms with Crippen molar-refractivity contribution >= 4 is 5.97 Å². The third-order valence-electron chi connectivity index (χ3n) is 1.86. The molecule has 1 N–H and O–H groups in total. The average Bonchev–Trinajstić information content (AvgIpc) is 2.48. The fourth-order valence-corrected chi connectivity index (χ4v) is 1.17. The van der Waals surface area contributed by atoms with Gasteiger partial charge in [-0.3, -0.25) is 4.79 Å². The molecule has 0 aliphatic carbocycles. The maximum absolute atomic E-state index is 10.4. The van der Waals surface area contributed by atoms with Crippen LogP contribution < -0.4 is 0 Å². The minimum Gasteiger partial charge on any atom is -0.481 e. The zero-order chi connectivity index (χ0) is 9.68. The van der Waals surface area contributed by atoms with E-state index >= 15 is 0 Å². The first-order chi connectivity index (χ1) is 6.24. The van der Waals surface area contributed by atoms with E-state index in [2.05, 4.69) is 11.9 Å². The van der Waals surface area contributed by atoms with Crippen LogP contribution in [0.3, 0.4) is 0 Å². The summed E-state index contributed by atoms with van der Waals surface area (Å²) in [6.07, 6.45) is 5.65. The summed E-state index contributed by atoms with van der Waals surface area (Å²) in [5.74, 6) is -0.190. The van der Waals surface area contributed by atoms with Crippen LogP contribution in [0.2, 0.25) is 0 Å². The van der Waals surface area contributed by atoms with Crippen molar-refractivity contribution in [2.75, 3.05) is 0 Å². The fraction of sp³-hybridized carbons (Fsp3) is 0.556. The lowest BCUT2D eigenvalue weighted by Crippen LogP contribution is -2.08. The molecule has 0 bridgehead atoms. The molecule has 0 aromatic carbocycles. The Morgan fingerprint density at radius 2 is 2.46 bits per heavy atom. The predicted molar refractivity (Wildman–Crippen MR) is 48.5 cm³/mol. The lowest BCUT2D eigenvalue weighted by Gasteiger charge is -2.04. The van der Waals surface area contributed by atoms with Gasteiger partial charge >= 0.3 is 5.97 Å². The van der Waals surface area contributed by atoms with Crippen LogP contribution in [0.15, 0.2) is 12.4 Å². The highest BCUT2D eigenvalue weighted by molar-refractivity contribution is 5.69. The molecule has 1 heterocycles. The maximum Gasteiger partial charge on any atom is 0.311 e. The number of aliphatic carboxylic acids is 1. The highest BCUT2D eigenvalue weighted by Crippen LogP contribution is 2.01. The molecule has 0 saturated heterocycles. The van der Waals surface area contributed by atoms with Crippen molar-refractivity contribution in [3.63, 3.8) is 0 Å². The summed E-state index contributed by atoms with van der Waals surface area (Å²) in [7, 11) is 0. The highest BCUT2D eigenvalue weighted by Gasteiger charge is 2.06. The van der Waals surface area contributed by atoms with Crippen LogP contribution in [0.5, 0.6) is 0 Å². The number of rotatable bonds is 5. The largest absolute Gasteiger partial charge is 0.481 e. The first kappa shape index (κ1) is 9.77. The van der Waals surface area contributed by atoms with Crippen LogP contribution in [0.25, 0.3) is 0 Å². The van der Waals surface area contributed by atoms with Crippen molar-refractivity contribution in [3.8, 4) is 0 Å². The van der Waals surface area contributed by atoms with Crippen molar-refractivity contribution in [3.05, 3.63) is 18.2 Å². The number of hydrogen-bond acceptors (Lipinski definition) is 2. The van der Waals surface area contributed by atoms with Crippen molar-refractivity contribution in [1.82, 2.24) is 9.55 Å². The molecule has 13 heavy (non-hydrogen) atoms. The van der Waals surface area contributed by atoms with Gasteiger partial charge in [-0.2, -0.15) is 0 Å². The zero-order valence-electron chi connectivity index (χ0n) is 7.73. The first-order valence-electron chi connectivity index (χ1n) is 4.46. The van der Waals surface area contributed by atoms with Crippen LogP contribution in [-0.2, 0) is 17.8 Å². The first-order valence-corrected chi connectivity index (χ1v) is 4.46. The second kappa shape index (κ2) is 4.64. The number of aromatic nitrogens is 2. The Kier molecular flexibility index (Phi) is 3.49. The summed E-state index contributed by atoms with van der Waals surface area (Å²) in [4.78, 5) is 14.4. The SMILES string of the molecule is CCCCn1ccnc1CC(=O)O. The average molecular weight is 182 g/mol. The van der Waals surface area contributed by atoms with E-state index in [1.807, 2.05) is 10.8 Å². The maximum atomic E-state index is 10.4. The van der Waals surface area contributed by atoms with E-state index in [9.17, 15) is 4.79 Å². The second-order valence-electron chi connectivity index (χ2n) is 2.96. The molecule has 0 amide bonds. The molecule has 0 fully saturated rings. The summed E-state index contributed by atoms with van der Waals surface area (Å²) < 4.78 is 1.90. The van der Waals surface area contributed by atoms with Gasteiger partial charge in [0, 0.05) is 18.9 Å². The Labute approximate surface area is 77.2 Å². The van der Waals surface area contributed by atoms with Gasteiger partial charge < -0.3 is 9.67 Å². The lowest BCUT2D eigenvalue weighted by atomic mass is 10.3. The third-order valence-corrected chi connectivity index (χ3v) is 1.86. The second-order valence-corrected chi connectivity index (χ2v) is 2.96. The van der Waals surface area contributed by atoms with E-state index in [0.29, 0.717) is 5.82 Å². The molecule has 72 valence electrons. The summed E-state index contributed by atoms with van der Waals surface area (Å²) in [5, 5.41) is 8.58. The van der Waals surface area contributed by atoms with Crippen molar-refractivity contribution in [1.29, 1.82) is 0 Å². The number of hydrogen-bond donors (Lipinski definition) is 1. The minimum atomic E-state index is -0.830. The minimum absolute atomic E-state index is 0.0106. The summed E-state index contributed by atoms with van der Waals surface area (Å²) in [6.45, 7) is 2.97. The summed E-state index contributed by atoms with van der Waals surface area (Å²) >= 11 is 0. The standard InChI is InChI=1S/C9H14N2O2/c1-2-3-5-11-6-4-10-8(11)7-9(12)13/h4,6H,2-3,5,7H2,1H3,(H,12,13). The van der Waals surface area contributed by atoms with Crippen molar-refractivity contribution in [2.24, 2.45) is 0 Å². The Hall–Kier alpha value is -1.32. The molecular weight excluding hydrogens is 168 g/mol. The number of imidazole rings is 1. The molecule has 0 aliphatic rings.